The maximum Gasteiger partial charge on any atom is 0.326 e. The molecule has 0 bridgehead atoms. The molecule has 2 saturated heterocycles. The van der Waals surface area contributed by atoms with E-state index in [1.54, 1.807) is 6.26 Å². The topological polar surface area (TPSA) is 444 Å². The number of carboxylic acid groups (broad SMARTS) is 2. The molecule has 0 saturated carbocycles. The molecule has 9 amide bonds. The van der Waals surface area contributed by atoms with Crippen molar-refractivity contribution in [2.45, 2.75) is 132 Å². The second kappa shape index (κ2) is 28.0. The molecule has 0 aromatic carbocycles. The van der Waals surface area contributed by atoms with Crippen LogP contribution in [0.1, 0.15) is 78.1 Å². The number of aliphatic hydroxyl groups excluding tert-OH is 1. The van der Waals surface area contributed by atoms with Crippen molar-refractivity contribution in [3.05, 3.63) is 0 Å². The minimum absolute atomic E-state index is 0.0519. The van der Waals surface area contributed by atoms with Gasteiger partial charge in [0.2, 0.25) is 53.2 Å². The maximum atomic E-state index is 13.8. The average Bonchev–Trinajstić information content (AvgIpc) is 3.97. The number of hydrogen-bond donors (Lipinski definition) is 13. The smallest absolute Gasteiger partial charge is 0.326 e. The summed E-state index contributed by atoms with van der Waals surface area (Å²) in [5, 5.41) is 42.6. The molecule has 0 unspecified atom stereocenters. The average molecular weight is 972 g/mol. The third-order valence-electron chi connectivity index (χ3n) is 10.8. The van der Waals surface area contributed by atoms with Crippen LogP contribution in [0.15, 0.2) is 4.99 Å². The van der Waals surface area contributed by atoms with E-state index in [0.29, 0.717) is 18.6 Å². The second-order valence-corrected chi connectivity index (χ2v) is 17.0. The van der Waals surface area contributed by atoms with Crippen LogP contribution in [0.2, 0.25) is 0 Å². The van der Waals surface area contributed by atoms with E-state index in [4.69, 9.17) is 28.0 Å². The molecule has 9 atom stereocenters. The Bertz CT molecular complexity index is 1850. The van der Waals surface area contributed by atoms with Crippen LogP contribution in [0.25, 0.3) is 0 Å². The molecule has 0 aliphatic carbocycles. The molecule has 376 valence electrons. The molecule has 2 aliphatic rings. The Morgan fingerprint density at radius 2 is 1.21 bits per heavy atom. The molecule has 0 aromatic heterocycles. The summed E-state index contributed by atoms with van der Waals surface area (Å²) in [7, 11) is 0. The number of thioether (sulfide) groups is 1. The summed E-state index contributed by atoms with van der Waals surface area (Å²) in [6.07, 6.45) is 1.41. The number of nitrogens with two attached hydrogens (primary N) is 4. The van der Waals surface area contributed by atoms with Crippen LogP contribution in [-0.4, -0.2) is 189 Å². The molecule has 0 radical (unpaired) electrons. The molecule has 17 N–H and O–H groups in total. The third kappa shape index (κ3) is 18.5. The molecule has 2 aliphatic heterocycles. The molecule has 2 rings (SSSR count). The number of nitrogens with one attached hydrogen (secondary N) is 6. The fourth-order valence-electron chi connectivity index (χ4n) is 7.21. The van der Waals surface area contributed by atoms with E-state index >= 15 is 0 Å². The van der Waals surface area contributed by atoms with Gasteiger partial charge in [0.05, 0.1) is 13.0 Å². The van der Waals surface area contributed by atoms with Crippen molar-refractivity contribution in [3.63, 3.8) is 0 Å². The van der Waals surface area contributed by atoms with Gasteiger partial charge in [-0.1, -0.05) is 0 Å². The first-order valence-electron chi connectivity index (χ1n) is 21.6. The number of aliphatic hydroxyl groups is 1. The standard InChI is InChI=1S/C39H65N13O14S/c1-19(45-34(61)26-8-6-15-52(26)37(64)25(17-28(41)54)50-31(58)21(40)18-53)30(57)47-23(12-16-67-3)32(59)46-20(2)36(63)51-14-5-9-27(51)35(62)48-22(7-4-13-44-39(42)43)33(60)49-24(38(65)66)10-11-29(55)56/h19-27,53H,4-18,40H2,1-3H3,(H2,41,54)(H,45,61)(H,46,59)(H,47,57)(H,48,62)(H,49,60)(H,50,58)(H,55,56)(H,65,66)(H4,42,43,44)/t19-,20-,21-,22-,23-,24-,25-,26-,27-/m0/s1. The largest absolute Gasteiger partial charge is 0.481 e. The van der Waals surface area contributed by atoms with Gasteiger partial charge in [-0.2, -0.15) is 11.8 Å². The van der Waals surface area contributed by atoms with Crippen LogP contribution in [0.3, 0.4) is 0 Å². The fourth-order valence-corrected chi connectivity index (χ4v) is 7.68. The third-order valence-corrected chi connectivity index (χ3v) is 11.4. The Labute approximate surface area is 390 Å². The molecule has 2 heterocycles. The van der Waals surface area contributed by atoms with Crippen LogP contribution in [0.4, 0.5) is 0 Å². The molecule has 67 heavy (non-hydrogen) atoms. The highest BCUT2D eigenvalue weighted by molar-refractivity contribution is 7.98. The summed E-state index contributed by atoms with van der Waals surface area (Å²) in [6, 6.07) is -11.7. The van der Waals surface area contributed by atoms with Crippen LogP contribution < -0.4 is 54.8 Å². The Hall–Kier alpha value is -6.29. The quantitative estimate of drug-likeness (QED) is 0.0197. The first-order valence-corrected chi connectivity index (χ1v) is 23.0. The van der Waals surface area contributed by atoms with Crippen molar-refractivity contribution >= 4 is 82.8 Å². The van der Waals surface area contributed by atoms with Gasteiger partial charge >= 0.3 is 11.9 Å². The lowest BCUT2D eigenvalue weighted by Crippen LogP contribution is -2.59. The van der Waals surface area contributed by atoms with Gasteiger partial charge in [-0.05, 0) is 77.2 Å². The van der Waals surface area contributed by atoms with Crippen LogP contribution in [0.5, 0.6) is 0 Å². The molecule has 2 fully saturated rings. The lowest BCUT2D eigenvalue weighted by atomic mass is 10.1. The fraction of sp³-hybridized carbons (Fsp3) is 0.692. The summed E-state index contributed by atoms with van der Waals surface area (Å²) >= 11 is 1.37. The summed E-state index contributed by atoms with van der Waals surface area (Å²) in [6.45, 7) is 2.20. The number of amides is 9. The molecule has 0 spiro atoms. The van der Waals surface area contributed by atoms with E-state index in [-0.39, 0.29) is 57.7 Å². The molecular weight excluding hydrogens is 907 g/mol. The number of aliphatic carboxylic acids is 2. The number of hydrogen-bond acceptors (Lipinski definition) is 15. The van der Waals surface area contributed by atoms with E-state index in [1.165, 1.54) is 30.5 Å². The predicted octanol–water partition coefficient (Wildman–Crippen LogP) is -6.13. The number of carbonyl (C=O) groups is 11. The van der Waals surface area contributed by atoms with E-state index in [1.807, 2.05) is 0 Å². The number of aliphatic imine (C=N–C) groups is 1. The zero-order chi connectivity index (χ0) is 50.5. The van der Waals surface area contributed by atoms with Gasteiger partial charge in [-0.3, -0.25) is 52.9 Å². The van der Waals surface area contributed by atoms with E-state index < -0.39 is 145 Å². The Morgan fingerprint density at radius 3 is 1.75 bits per heavy atom. The van der Waals surface area contributed by atoms with Crippen molar-refractivity contribution in [2.24, 2.45) is 27.9 Å². The van der Waals surface area contributed by atoms with Crippen LogP contribution >= 0.6 is 11.8 Å². The Kier molecular flexibility index (Phi) is 23.8. The monoisotopic (exact) mass is 971 g/mol. The van der Waals surface area contributed by atoms with Crippen molar-refractivity contribution in [2.75, 3.05) is 38.2 Å². The highest BCUT2D eigenvalue weighted by Gasteiger charge is 2.41. The lowest BCUT2D eigenvalue weighted by molar-refractivity contribution is -0.144. The maximum absolute atomic E-state index is 13.8. The number of rotatable bonds is 28. The molecular formula is C39H65N13O14S. The van der Waals surface area contributed by atoms with E-state index in [2.05, 4.69) is 36.9 Å². The van der Waals surface area contributed by atoms with E-state index in [9.17, 15) is 63.0 Å². The number of primary amides is 1. The van der Waals surface area contributed by atoms with Crippen LogP contribution in [0, 0.1) is 0 Å². The zero-order valence-corrected chi connectivity index (χ0v) is 38.5. The minimum Gasteiger partial charge on any atom is -0.481 e. The number of guanidine groups is 1. The van der Waals surface area contributed by atoms with Crippen molar-refractivity contribution in [3.8, 4) is 0 Å². The van der Waals surface area contributed by atoms with Crippen molar-refractivity contribution < 1.29 is 68.1 Å². The molecule has 0 aromatic rings. The number of likely N-dealkylation sites (tertiary alicyclic amines) is 2. The summed E-state index contributed by atoms with van der Waals surface area (Å²) in [5.41, 5.74) is 21.6. The number of carboxylic acids is 2. The van der Waals surface area contributed by atoms with Gasteiger partial charge < -0.3 is 80.0 Å². The molecule has 27 nitrogen and oxygen atoms in total. The minimum atomic E-state index is -1.58. The zero-order valence-electron chi connectivity index (χ0n) is 37.7. The van der Waals surface area contributed by atoms with Gasteiger partial charge in [0.15, 0.2) is 5.96 Å². The Morgan fingerprint density at radius 1 is 0.672 bits per heavy atom. The summed E-state index contributed by atoms with van der Waals surface area (Å²) in [5.74, 6) is -9.92. The number of carbonyl (C=O) groups excluding carboxylic acids is 9. The van der Waals surface area contributed by atoms with Gasteiger partial charge in [-0.15, -0.1) is 0 Å². The van der Waals surface area contributed by atoms with Crippen molar-refractivity contribution in [1.29, 1.82) is 0 Å². The highest BCUT2D eigenvalue weighted by Crippen LogP contribution is 2.21. The first kappa shape index (κ1) is 56.8. The van der Waals surface area contributed by atoms with Crippen LogP contribution in [-0.2, 0) is 52.7 Å². The lowest BCUT2D eigenvalue weighted by Gasteiger charge is -2.30. The van der Waals surface area contributed by atoms with E-state index in [0.717, 1.165) is 4.90 Å². The summed E-state index contributed by atoms with van der Waals surface area (Å²) < 4.78 is 0. The van der Waals surface area contributed by atoms with Gasteiger partial charge in [0.1, 0.15) is 54.4 Å². The predicted molar refractivity (Wildman–Crippen MR) is 239 cm³/mol. The van der Waals surface area contributed by atoms with Gasteiger partial charge in [-0.25, -0.2) is 4.79 Å². The number of nitrogens with zero attached hydrogens (tertiary/aromatic N) is 3. The van der Waals surface area contributed by atoms with Gasteiger partial charge in [0, 0.05) is 26.1 Å². The van der Waals surface area contributed by atoms with Gasteiger partial charge in [0.25, 0.3) is 0 Å². The second-order valence-electron chi connectivity index (χ2n) is 16.0. The highest BCUT2D eigenvalue weighted by atomic mass is 32.2. The first-order chi connectivity index (χ1) is 31.5. The molecule has 28 heteroatoms. The summed E-state index contributed by atoms with van der Waals surface area (Å²) in [4.78, 5) is 148. The normalized spacial score (nSPS) is 18.6. The Balaban J connectivity index is 2.14. The van der Waals surface area contributed by atoms with Crippen molar-refractivity contribution in [1.82, 2.24) is 41.7 Å². The SMILES string of the molecule is CSCC[C@H](NC(=O)[C@H](C)NC(=O)[C@@H]1CCCN1C(=O)[C@H](CC(N)=O)NC(=O)[C@@H](N)CO)C(=O)N[C@@H](C)C(=O)N1CCC[C@H]1C(=O)N[C@@H](CCCN=C(N)N)C(=O)N[C@@H](CCC(=O)O)C(=O)O.